The number of nitrogens with one attached hydrogen (secondary N) is 2. The van der Waals surface area contributed by atoms with Crippen molar-refractivity contribution in [1.29, 1.82) is 0 Å². The maximum atomic E-state index is 5.99. The van der Waals surface area contributed by atoms with E-state index in [9.17, 15) is 0 Å². The summed E-state index contributed by atoms with van der Waals surface area (Å²) in [5.41, 5.74) is 1.30. The van der Waals surface area contributed by atoms with Crippen molar-refractivity contribution in [2.24, 2.45) is 5.92 Å². The van der Waals surface area contributed by atoms with Crippen LogP contribution in [0.4, 0.5) is 0 Å². The van der Waals surface area contributed by atoms with Gasteiger partial charge in [-0.2, -0.15) is 0 Å². The van der Waals surface area contributed by atoms with Crippen LogP contribution >= 0.6 is 11.6 Å². The fourth-order valence-electron chi connectivity index (χ4n) is 2.92. The minimum absolute atomic E-state index is 0.349. The molecule has 4 heteroatoms. The van der Waals surface area contributed by atoms with E-state index in [1.54, 1.807) is 0 Å². The van der Waals surface area contributed by atoms with E-state index in [2.05, 4.69) is 43.5 Å². The first kappa shape index (κ1) is 16.8. The highest BCUT2D eigenvalue weighted by atomic mass is 35.5. The Labute approximate surface area is 133 Å². The Morgan fingerprint density at radius 3 is 2.57 bits per heavy atom. The lowest BCUT2D eigenvalue weighted by Gasteiger charge is -2.31. The lowest BCUT2D eigenvalue weighted by molar-refractivity contribution is 0.0704. The van der Waals surface area contributed by atoms with Crippen LogP contribution in [0.3, 0.4) is 0 Å². The first-order valence-electron chi connectivity index (χ1n) is 7.89. The Kier molecular flexibility index (Phi) is 6.49. The number of halogens is 1. The van der Waals surface area contributed by atoms with Crippen molar-refractivity contribution < 1.29 is 4.74 Å². The number of ether oxygens (including phenoxy) is 1. The van der Waals surface area contributed by atoms with E-state index in [0.29, 0.717) is 24.0 Å². The fourth-order valence-corrected chi connectivity index (χ4v) is 3.04. The van der Waals surface area contributed by atoms with Crippen molar-refractivity contribution in [2.75, 3.05) is 19.8 Å². The lowest BCUT2D eigenvalue weighted by atomic mass is 9.94. The van der Waals surface area contributed by atoms with Crippen molar-refractivity contribution in [2.45, 2.75) is 45.3 Å². The van der Waals surface area contributed by atoms with Gasteiger partial charge in [0.2, 0.25) is 0 Å². The predicted molar refractivity (Wildman–Crippen MR) is 88.9 cm³/mol. The van der Waals surface area contributed by atoms with Crippen molar-refractivity contribution in [3.05, 3.63) is 34.9 Å². The zero-order chi connectivity index (χ0) is 15.2. The smallest absolute Gasteiger partial charge is 0.0620 e. The average Bonchev–Trinajstić information content (AvgIpc) is 2.47. The van der Waals surface area contributed by atoms with E-state index < -0.39 is 0 Å². The molecule has 0 saturated carbocycles. The van der Waals surface area contributed by atoms with Gasteiger partial charge in [-0.05, 0) is 37.0 Å². The zero-order valence-electron chi connectivity index (χ0n) is 13.2. The van der Waals surface area contributed by atoms with Gasteiger partial charge in [0.1, 0.15) is 0 Å². The Morgan fingerprint density at radius 2 is 2.00 bits per heavy atom. The summed E-state index contributed by atoms with van der Waals surface area (Å²) in [7, 11) is 0. The van der Waals surface area contributed by atoms with Crippen molar-refractivity contribution in [3.63, 3.8) is 0 Å². The molecule has 1 aliphatic rings. The summed E-state index contributed by atoms with van der Waals surface area (Å²) < 4.78 is 5.53. The molecule has 0 bridgehead atoms. The summed E-state index contributed by atoms with van der Waals surface area (Å²) in [5, 5.41) is 8.07. The van der Waals surface area contributed by atoms with Crippen LogP contribution < -0.4 is 10.6 Å². The molecule has 1 saturated heterocycles. The highest BCUT2D eigenvalue weighted by Gasteiger charge is 2.21. The molecule has 0 radical (unpaired) electrons. The molecule has 1 aromatic rings. The molecule has 3 atom stereocenters. The van der Waals surface area contributed by atoms with Gasteiger partial charge >= 0.3 is 0 Å². The van der Waals surface area contributed by atoms with Crippen molar-refractivity contribution in [1.82, 2.24) is 10.6 Å². The molecule has 118 valence electrons. The molecule has 21 heavy (non-hydrogen) atoms. The minimum Gasteiger partial charge on any atom is -0.379 e. The molecule has 0 aliphatic carbocycles. The molecular weight excluding hydrogens is 284 g/mol. The molecule has 3 nitrogen and oxygen atoms in total. The van der Waals surface area contributed by atoms with Gasteiger partial charge in [0.05, 0.1) is 13.2 Å². The molecule has 0 amide bonds. The maximum absolute atomic E-state index is 5.99. The fraction of sp³-hybridized carbons (Fsp3) is 0.647. The SMILES string of the molecule is CC(CC1COCCN1)NC(c1ccc(Cl)cc1)C(C)C. The third-order valence-electron chi connectivity index (χ3n) is 4.00. The first-order valence-corrected chi connectivity index (χ1v) is 8.26. The molecule has 1 fully saturated rings. The average molecular weight is 311 g/mol. The summed E-state index contributed by atoms with van der Waals surface area (Å²) >= 11 is 5.99. The number of hydrogen-bond acceptors (Lipinski definition) is 3. The van der Waals surface area contributed by atoms with Crippen molar-refractivity contribution >= 4 is 11.6 Å². The Balaban J connectivity index is 1.93. The summed E-state index contributed by atoms with van der Waals surface area (Å²) in [4.78, 5) is 0. The Hall–Kier alpha value is -0.610. The molecule has 1 heterocycles. The van der Waals surface area contributed by atoms with E-state index in [4.69, 9.17) is 16.3 Å². The summed E-state index contributed by atoms with van der Waals surface area (Å²) in [6, 6.07) is 9.42. The summed E-state index contributed by atoms with van der Waals surface area (Å²) in [5.74, 6) is 0.532. The molecule has 1 aromatic carbocycles. The third-order valence-corrected chi connectivity index (χ3v) is 4.25. The second-order valence-electron chi connectivity index (χ2n) is 6.30. The van der Waals surface area contributed by atoms with Gasteiger partial charge < -0.3 is 15.4 Å². The van der Waals surface area contributed by atoms with Crippen molar-refractivity contribution in [3.8, 4) is 0 Å². The minimum atomic E-state index is 0.349. The van der Waals surface area contributed by atoms with Crippen LogP contribution in [0, 0.1) is 5.92 Å². The second-order valence-corrected chi connectivity index (χ2v) is 6.74. The normalized spacial score (nSPS) is 22.2. The van der Waals surface area contributed by atoms with Crippen LogP contribution in [0.15, 0.2) is 24.3 Å². The predicted octanol–water partition coefficient (Wildman–Crippen LogP) is 3.39. The standard InChI is InChI=1S/C17H27ClN2O/c1-12(2)17(14-4-6-15(18)7-5-14)20-13(3)10-16-11-21-9-8-19-16/h4-7,12-13,16-17,19-20H,8-11H2,1-3H3. The Morgan fingerprint density at radius 1 is 1.29 bits per heavy atom. The molecule has 2 rings (SSSR count). The van der Waals surface area contributed by atoms with E-state index in [1.165, 1.54) is 5.56 Å². The van der Waals surface area contributed by atoms with Crippen LogP contribution in [0.5, 0.6) is 0 Å². The van der Waals surface area contributed by atoms with Gasteiger partial charge in [0, 0.05) is 29.7 Å². The zero-order valence-corrected chi connectivity index (χ0v) is 14.0. The van der Waals surface area contributed by atoms with Gasteiger partial charge in [-0.1, -0.05) is 37.6 Å². The second kappa shape index (κ2) is 8.14. The number of benzene rings is 1. The van der Waals surface area contributed by atoms with E-state index >= 15 is 0 Å². The molecule has 1 aliphatic heterocycles. The van der Waals surface area contributed by atoms with Gasteiger partial charge in [-0.15, -0.1) is 0 Å². The number of morpholine rings is 1. The molecule has 0 aromatic heterocycles. The number of rotatable bonds is 6. The highest BCUT2D eigenvalue weighted by molar-refractivity contribution is 6.30. The van der Waals surface area contributed by atoms with Gasteiger partial charge in [-0.25, -0.2) is 0 Å². The van der Waals surface area contributed by atoms with E-state index in [1.807, 2.05) is 12.1 Å². The van der Waals surface area contributed by atoms with Crippen LogP contribution in [-0.2, 0) is 4.74 Å². The van der Waals surface area contributed by atoms with Crippen LogP contribution in [0.2, 0.25) is 5.02 Å². The van der Waals surface area contributed by atoms with Crippen LogP contribution in [0.1, 0.15) is 38.8 Å². The summed E-state index contributed by atoms with van der Waals surface area (Å²) in [6.07, 6.45) is 1.08. The monoisotopic (exact) mass is 310 g/mol. The van der Waals surface area contributed by atoms with E-state index in [-0.39, 0.29) is 0 Å². The van der Waals surface area contributed by atoms with Crippen LogP contribution in [-0.4, -0.2) is 31.8 Å². The van der Waals surface area contributed by atoms with E-state index in [0.717, 1.165) is 31.2 Å². The molecular formula is C17H27ClN2O. The maximum Gasteiger partial charge on any atom is 0.0620 e. The lowest BCUT2D eigenvalue weighted by Crippen LogP contribution is -2.45. The van der Waals surface area contributed by atoms with Gasteiger partial charge in [-0.3, -0.25) is 0 Å². The summed E-state index contributed by atoms with van der Waals surface area (Å²) in [6.45, 7) is 9.36. The molecule has 0 spiro atoms. The molecule has 2 N–H and O–H groups in total. The first-order chi connectivity index (χ1) is 10.1. The molecule has 3 unspecified atom stereocenters. The highest BCUT2D eigenvalue weighted by Crippen LogP contribution is 2.24. The quantitative estimate of drug-likeness (QED) is 0.845. The largest absolute Gasteiger partial charge is 0.379 e. The third kappa shape index (κ3) is 5.26. The number of hydrogen-bond donors (Lipinski definition) is 2. The van der Waals surface area contributed by atoms with Gasteiger partial charge in [0.25, 0.3) is 0 Å². The van der Waals surface area contributed by atoms with Crippen LogP contribution in [0.25, 0.3) is 0 Å². The van der Waals surface area contributed by atoms with Gasteiger partial charge in [0.15, 0.2) is 0 Å². The Bertz CT molecular complexity index is 415. The topological polar surface area (TPSA) is 33.3 Å².